The van der Waals surface area contributed by atoms with Gasteiger partial charge in [0.15, 0.2) is 11.5 Å². The predicted octanol–water partition coefficient (Wildman–Crippen LogP) is 2.40. The molecule has 140 valence electrons. The molecule has 1 aromatic carbocycles. The fourth-order valence-corrected chi connectivity index (χ4v) is 3.24. The van der Waals surface area contributed by atoms with Gasteiger partial charge in [-0.3, -0.25) is 9.59 Å². The highest BCUT2D eigenvalue weighted by molar-refractivity contribution is 5.76. The molecule has 1 aliphatic rings. The van der Waals surface area contributed by atoms with Gasteiger partial charge < -0.3 is 19.8 Å². The van der Waals surface area contributed by atoms with E-state index in [0.717, 1.165) is 11.1 Å². The molecule has 0 saturated carbocycles. The second-order valence-corrected chi connectivity index (χ2v) is 6.57. The van der Waals surface area contributed by atoms with Crippen LogP contribution in [0, 0.1) is 25.2 Å². The lowest BCUT2D eigenvalue weighted by atomic mass is 9.99. The first kappa shape index (κ1) is 18.5. The van der Waals surface area contributed by atoms with E-state index in [1.54, 1.807) is 13.8 Å². The number of fused-ring (bicyclic) bond motifs is 1. The van der Waals surface area contributed by atoms with Gasteiger partial charge in [-0.05, 0) is 56.0 Å². The minimum atomic E-state index is -0.392. The number of H-pyrrole nitrogens is 1. The SMILES string of the molecule is Cc1[nH]c(=O)c(C#N)c(C)c1CCC(=O)NC(C)c1ccc2c(c1)OCO2. The summed E-state index contributed by atoms with van der Waals surface area (Å²) in [5.74, 6) is 1.27. The lowest BCUT2D eigenvalue weighted by molar-refractivity contribution is -0.121. The number of nitrogens with one attached hydrogen (secondary N) is 2. The molecule has 0 radical (unpaired) electrons. The van der Waals surface area contributed by atoms with Gasteiger partial charge in [0.1, 0.15) is 11.6 Å². The van der Waals surface area contributed by atoms with Crippen LogP contribution in [0.25, 0.3) is 0 Å². The minimum Gasteiger partial charge on any atom is -0.454 e. The number of amides is 1. The highest BCUT2D eigenvalue weighted by Crippen LogP contribution is 2.34. The summed E-state index contributed by atoms with van der Waals surface area (Å²) in [4.78, 5) is 26.8. The molecule has 0 bridgehead atoms. The number of aromatic nitrogens is 1. The van der Waals surface area contributed by atoms with Crippen molar-refractivity contribution in [3.8, 4) is 17.6 Å². The Labute approximate surface area is 156 Å². The van der Waals surface area contributed by atoms with Crippen molar-refractivity contribution in [3.05, 3.63) is 56.5 Å². The number of benzene rings is 1. The van der Waals surface area contributed by atoms with Crippen LogP contribution in [0.5, 0.6) is 11.5 Å². The molecule has 7 heteroatoms. The van der Waals surface area contributed by atoms with Crippen LogP contribution in [-0.4, -0.2) is 17.7 Å². The molecule has 0 fully saturated rings. The van der Waals surface area contributed by atoms with Gasteiger partial charge in [0, 0.05) is 12.1 Å². The van der Waals surface area contributed by atoms with Gasteiger partial charge in [-0.1, -0.05) is 6.07 Å². The van der Waals surface area contributed by atoms with Crippen LogP contribution < -0.4 is 20.3 Å². The summed E-state index contributed by atoms with van der Waals surface area (Å²) in [7, 11) is 0. The Morgan fingerprint density at radius 2 is 2.07 bits per heavy atom. The van der Waals surface area contributed by atoms with Crippen LogP contribution in [0.1, 0.15) is 47.3 Å². The van der Waals surface area contributed by atoms with Crippen molar-refractivity contribution in [1.29, 1.82) is 5.26 Å². The molecule has 2 heterocycles. The topological polar surface area (TPSA) is 104 Å². The number of carbonyl (C=O) groups excluding carboxylic acids is 1. The molecule has 1 aliphatic heterocycles. The van der Waals surface area contributed by atoms with Crippen molar-refractivity contribution < 1.29 is 14.3 Å². The van der Waals surface area contributed by atoms with Gasteiger partial charge in [-0.25, -0.2) is 0 Å². The summed E-state index contributed by atoms with van der Waals surface area (Å²) < 4.78 is 10.7. The zero-order valence-corrected chi connectivity index (χ0v) is 15.5. The Morgan fingerprint density at radius 3 is 2.81 bits per heavy atom. The number of hydrogen-bond acceptors (Lipinski definition) is 5. The van der Waals surface area contributed by atoms with Gasteiger partial charge in [0.05, 0.1) is 6.04 Å². The van der Waals surface area contributed by atoms with Crippen LogP contribution >= 0.6 is 0 Å². The largest absolute Gasteiger partial charge is 0.454 e. The Bertz CT molecular complexity index is 988. The second kappa shape index (κ2) is 7.54. The Hall–Kier alpha value is -3.27. The molecule has 7 nitrogen and oxygen atoms in total. The Balaban J connectivity index is 1.65. The first-order valence-electron chi connectivity index (χ1n) is 8.72. The number of carbonyl (C=O) groups is 1. The van der Waals surface area contributed by atoms with Gasteiger partial charge >= 0.3 is 0 Å². The van der Waals surface area contributed by atoms with Crippen molar-refractivity contribution in [3.63, 3.8) is 0 Å². The molecule has 0 saturated heterocycles. The summed E-state index contributed by atoms with van der Waals surface area (Å²) in [6.45, 7) is 5.63. The van der Waals surface area contributed by atoms with E-state index in [4.69, 9.17) is 14.7 Å². The third-order valence-electron chi connectivity index (χ3n) is 4.80. The fourth-order valence-electron chi connectivity index (χ4n) is 3.24. The molecule has 1 aromatic heterocycles. The molecule has 2 N–H and O–H groups in total. The van der Waals surface area contributed by atoms with Crippen LogP contribution in [0.15, 0.2) is 23.0 Å². The second-order valence-electron chi connectivity index (χ2n) is 6.57. The maximum Gasteiger partial charge on any atom is 0.266 e. The third-order valence-corrected chi connectivity index (χ3v) is 4.80. The number of nitriles is 1. The lowest BCUT2D eigenvalue weighted by Gasteiger charge is -2.16. The molecule has 27 heavy (non-hydrogen) atoms. The van der Waals surface area contributed by atoms with Crippen LogP contribution in [0.3, 0.4) is 0 Å². The molecular weight excluding hydrogens is 346 g/mol. The van der Waals surface area contributed by atoms with Crippen LogP contribution in [0.2, 0.25) is 0 Å². The normalized spacial score (nSPS) is 13.1. The zero-order valence-electron chi connectivity index (χ0n) is 15.5. The first-order valence-corrected chi connectivity index (χ1v) is 8.72. The number of hydrogen-bond donors (Lipinski definition) is 2. The Morgan fingerprint density at radius 1 is 1.33 bits per heavy atom. The quantitative estimate of drug-likeness (QED) is 0.844. The summed E-state index contributed by atoms with van der Waals surface area (Å²) in [6, 6.07) is 7.34. The maximum atomic E-state index is 12.4. The van der Waals surface area contributed by atoms with Gasteiger partial charge in [0.2, 0.25) is 12.7 Å². The van der Waals surface area contributed by atoms with Gasteiger partial charge in [0.25, 0.3) is 5.56 Å². The molecule has 1 unspecified atom stereocenters. The lowest BCUT2D eigenvalue weighted by Crippen LogP contribution is -2.27. The van der Waals surface area contributed by atoms with E-state index in [2.05, 4.69) is 10.3 Å². The average Bonchev–Trinajstić information content (AvgIpc) is 3.09. The van der Waals surface area contributed by atoms with E-state index >= 15 is 0 Å². The molecule has 2 aromatic rings. The summed E-state index contributed by atoms with van der Waals surface area (Å²) in [6.07, 6.45) is 0.705. The van der Waals surface area contributed by atoms with Crippen molar-refractivity contribution in [2.24, 2.45) is 0 Å². The van der Waals surface area contributed by atoms with E-state index in [1.165, 1.54) is 0 Å². The maximum absolute atomic E-state index is 12.4. The first-order chi connectivity index (χ1) is 12.9. The average molecular weight is 367 g/mol. The number of aryl methyl sites for hydroxylation is 1. The van der Waals surface area contributed by atoms with E-state index in [9.17, 15) is 9.59 Å². The van der Waals surface area contributed by atoms with E-state index in [-0.39, 0.29) is 30.7 Å². The number of pyridine rings is 1. The Kier molecular flexibility index (Phi) is 5.17. The molecular formula is C20H21N3O4. The standard InChI is InChI=1S/C20H21N3O4/c1-11-15(13(3)23-20(25)16(11)9-21)5-7-19(24)22-12(2)14-4-6-17-18(8-14)27-10-26-17/h4,6,8,12H,5,7,10H2,1-3H3,(H,22,24)(H,23,25). The highest BCUT2D eigenvalue weighted by atomic mass is 16.7. The predicted molar refractivity (Wildman–Crippen MR) is 98.7 cm³/mol. The molecule has 1 amide bonds. The number of rotatable bonds is 5. The number of aromatic amines is 1. The summed E-state index contributed by atoms with van der Waals surface area (Å²) in [5, 5.41) is 12.1. The molecule has 3 rings (SSSR count). The van der Waals surface area contributed by atoms with Crippen molar-refractivity contribution in [1.82, 2.24) is 10.3 Å². The fraction of sp³-hybridized carbons (Fsp3) is 0.350. The molecule has 0 spiro atoms. The molecule has 0 aliphatic carbocycles. The van der Waals surface area contributed by atoms with Crippen LogP contribution in [-0.2, 0) is 11.2 Å². The van der Waals surface area contributed by atoms with E-state index < -0.39 is 5.56 Å². The van der Waals surface area contributed by atoms with E-state index in [1.807, 2.05) is 31.2 Å². The zero-order chi connectivity index (χ0) is 19.6. The van der Waals surface area contributed by atoms with Crippen molar-refractivity contribution >= 4 is 5.91 Å². The van der Waals surface area contributed by atoms with Crippen molar-refractivity contribution in [2.45, 2.75) is 39.7 Å². The van der Waals surface area contributed by atoms with Gasteiger partial charge in [-0.2, -0.15) is 5.26 Å². The van der Waals surface area contributed by atoms with E-state index in [0.29, 0.717) is 29.2 Å². The van der Waals surface area contributed by atoms with Crippen molar-refractivity contribution in [2.75, 3.05) is 6.79 Å². The third kappa shape index (κ3) is 3.80. The highest BCUT2D eigenvalue weighted by Gasteiger charge is 2.18. The number of ether oxygens (including phenoxy) is 2. The van der Waals surface area contributed by atoms with Crippen LogP contribution in [0.4, 0.5) is 0 Å². The van der Waals surface area contributed by atoms with Gasteiger partial charge in [-0.15, -0.1) is 0 Å². The minimum absolute atomic E-state index is 0.102. The summed E-state index contributed by atoms with van der Waals surface area (Å²) >= 11 is 0. The molecule has 1 atom stereocenters. The summed E-state index contributed by atoms with van der Waals surface area (Å²) in [5.41, 5.74) is 2.79. The smallest absolute Gasteiger partial charge is 0.266 e. The number of nitrogens with zero attached hydrogens (tertiary/aromatic N) is 1. The monoisotopic (exact) mass is 367 g/mol.